The van der Waals surface area contributed by atoms with Gasteiger partial charge in [0.25, 0.3) is 11.8 Å². The highest BCUT2D eigenvalue weighted by Crippen LogP contribution is 2.64. The zero-order valence-corrected chi connectivity index (χ0v) is 24.5. The van der Waals surface area contributed by atoms with E-state index in [-0.39, 0.29) is 36.5 Å². The van der Waals surface area contributed by atoms with Crippen LogP contribution in [0.25, 0.3) is 0 Å². The maximum atomic E-state index is 14.4. The number of aryl methyl sites for hydroxylation is 1. The number of nitrogens with zero attached hydrogens (tertiary/aromatic N) is 1. The lowest BCUT2D eigenvalue weighted by Gasteiger charge is -2.48. The molecular weight excluding hydrogens is 542 g/mol. The Labute approximate surface area is 251 Å². The lowest BCUT2D eigenvalue weighted by atomic mass is 9.55. The van der Waals surface area contributed by atoms with Crippen LogP contribution in [0.3, 0.4) is 0 Å². The van der Waals surface area contributed by atoms with E-state index in [2.05, 4.69) is 12.1 Å². The first-order valence-corrected chi connectivity index (χ1v) is 15.1. The van der Waals surface area contributed by atoms with Crippen molar-refractivity contribution in [3.63, 3.8) is 0 Å². The average Bonchev–Trinajstić information content (AvgIpc) is 3.42. The first-order valence-electron chi connectivity index (χ1n) is 15.1. The molecular formula is C36H35NO6. The molecule has 2 amide bonds. The second kappa shape index (κ2) is 10.2. The Kier molecular flexibility index (Phi) is 6.53. The molecule has 43 heavy (non-hydrogen) atoms. The first-order chi connectivity index (χ1) is 20.8. The SMILES string of the molecule is COC(=O)C1(CN2C(=O)c3ccccc3C2=O)CC2C3CCc4cc(OCc5ccccc5)ccc4C3CC[C@]2(C)C1=O. The fourth-order valence-corrected chi connectivity index (χ4v) is 8.61. The van der Waals surface area contributed by atoms with Crippen molar-refractivity contribution in [1.29, 1.82) is 0 Å². The summed E-state index contributed by atoms with van der Waals surface area (Å²) in [6.45, 7) is 2.21. The topological polar surface area (TPSA) is 90.0 Å². The fourth-order valence-electron chi connectivity index (χ4n) is 8.61. The van der Waals surface area contributed by atoms with Crippen molar-refractivity contribution in [3.05, 3.63) is 101 Å². The van der Waals surface area contributed by atoms with Gasteiger partial charge in [-0.1, -0.05) is 55.5 Å². The molecule has 2 saturated carbocycles. The molecule has 4 unspecified atom stereocenters. The van der Waals surface area contributed by atoms with Crippen LogP contribution in [0.15, 0.2) is 72.8 Å². The van der Waals surface area contributed by atoms with Crippen molar-refractivity contribution < 1.29 is 28.7 Å². The van der Waals surface area contributed by atoms with Gasteiger partial charge in [0.05, 0.1) is 24.8 Å². The number of methoxy groups -OCH3 is 1. The standard InChI is InChI=1S/C36H35NO6/c1-35-17-16-26-25-15-13-24(43-20-22-8-4-3-5-9-22)18-23(25)12-14-27(26)30(35)19-36(33(35)40,34(41)42-2)21-37-31(38)28-10-6-7-11-29(28)32(37)39/h3-11,13,15,18,26-27,30H,12,14,16-17,19-21H2,1-2H3/t26?,27?,30?,35-,36?/m0/s1. The van der Waals surface area contributed by atoms with E-state index in [1.54, 1.807) is 24.3 Å². The molecule has 7 rings (SSSR count). The van der Waals surface area contributed by atoms with Gasteiger partial charge in [0.15, 0.2) is 5.78 Å². The number of Topliss-reactive ketones (excluding diaryl/α,β-unsaturated/α-hetero) is 1. The zero-order valence-electron chi connectivity index (χ0n) is 24.5. The number of rotatable bonds is 6. The molecule has 7 nitrogen and oxygen atoms in total. The van der Waals surface area contributed by atoms with E-state index in [4.69, 9.17) is 9.47 Å². The molecule has 3 aromatic carbocycles. The lowest BCUT2D eigenvalue weighted by molar-refractivity contribution is -0.158. The van der Waals surface area contributed by atoms with Crippen LogP contribution >= 0.6 is 0 Å². The molecule has 220 valence electrons. The number of carbonyl (C=O) groups is 4. The highest BCUT2D eigenvalue weighted by molar-refractivity contribution is 6.22. The number of benzene rings is 3. The third-order valence-electron chi connectivity index (χ3n) is 10.7. The van der Waals surface area contributed by atoms with Gasteiger partial charge in [-0.25, -0.2) is 0 Å². The van der Waals surface area contributed by atoms with Gasteiger partial charge in [-0.3, -0.25) is 24.1 Å². The number of fused-ring (bicyclic) bond motifs is 6. The zero-order chi connectivity index (χ0) is 29.9. The van der Waals surface area contributed by atoms with E-state index < -0.39 is 28.6 Å². The third-order valence-corrected chi connectivity index (χ3v) is 10.7. The van der Waals surface area contributed by atoms with E-state index >= 15 is 0 Å². The van der Waals surface area contributed by atoms with E-state index in [0.29, 0.717) is 24.2 Å². The van der Waals surface area contributed by atoms with E-state index in [1.807, 2.05) is 43.3 Å². The predicted molar refractivity (Wildman–Crippen MR) is 158 cm³/mol. The van der Waals surface area contributed by atoms with Crippen LogP contribution in [-0.4, -0.2) is 42.1 Å². The summed E-state index contributed by atoms with van der Waals surface area (Å²) in [6, 6.07) is 23.1. The van der Waals surface area contributed by atoms with Gasteiger partial charge in [0.2, 0.25) is 0 Å². The Balaban J connectivity index is 1.16. The van der Waals surface area contributed by atoms with Gasteiger partial charge in [-0.2, -0.15) is 0 Å². The maximum absolute atomic E-state index is 14.4. The summed E-state index contributed by atoms with van der Waals surface area (Å²) in [7, 11) is 1.28. The normalized spacial score (nSPS) is 29.0. The third kappa shape index (κ3) is 4.15. The Morgan fingerprint density at radius 3 is 2.33 bits per heavy atom. The van der Waals surface area contributed by atoms with Crippen LogP contribution in [0.2, 0.25) is 0 Å². The summed E-state index contributed by atoms with van der Waals surface area (Å²) in [5.74, 6) is -0.512. The molecule has 2 fully saturated rings. The van der Waals surface area contributed by atoms with Crippen LogP contribution in [0.5, 0.6) is 5.75 Å². The Morgan fingerprint density at radius 2 is 1.63 bits per heavy atom. The van der Waals surface area contributed by atoms with Gasteiger partial charge >= 0.3 is 5.97 Å². The highest BCUT2D eigenvalue weighted by Gasteiger charge is 2.68. The number of amides is 2. The predicted octanol–water partition coefficient (Wildman–Crippen LogP) is 5.76. The van der Waals surface area contributed by atoms with Gasteiger partial charge in [0.1, 0.15) is 17.8 Å². The number of imide groups is 1. The number of carbonyl (C=O) groups excluding carboxylic acids is 4. The lowest BCUT2D eigenvalue weighted by Crippen LogP contribution is -2.51. The van der Waals surface area contributed by atoms with Crippen LogP contribution < -0.4 is 4.74 Å². The van der Waals surface area contributed by atoms with Crippen molar-refractivity contribution >= 4 is 23.6 Å². The van der Waals surface area contributed by atoms with Crippen molar-refractivity contribution in [2.24, 2.45) is 22.7 Å². The largest absolute Gasteiger partial charge is 0.489 e. The molecule has 0 bridgehead atoms. The van der Waals surface area contributed by atoms with Gasteiger partial charge in [0, 0.05) is 5.41 Å². The summed E-state index contributed by atoms with van der Waals surface area (Å²) in [5.41, 5.74) is 2.00. The Morgan fingerprint density at radius 1 is 0.930 bits per heavy atom. The minimum Gasteiger partial charge on any atom is -0.489 e. The summed E-state index contributed by atoms with van der Waals surface area (Å²) >= 11 is 0. The van der Waals surface area contributed by atoms with E-state index in [1.165, 1.54) is 18.2 Å². The summed E-state index contributed by atoms with van der Waals surface area (Å²) in [5, 5.41) is 0. The number of hydrogen-bond acceptors (Lipinski definition) is 6. The molecule has 5 atom stereocenters. The maximum Gasteiger partial charge on any atom is 0.321 e. The summed E-state index contributed by atoms with van der Waals surface area (Å²) in [6.07, 6.45) is 3.52. The number of ketones is 1. The molecule has 0 saturated heterocycles. The number of ether oxygens (including phenoxy) is 2. The van der Waals surface area contributed by atoms with Crippen LogP contribution in [0, 0.1) is 22.7 Å². The molecule has 3 aliphatic carbocycles. The smallest absolute Gasteiger partial charge is 0.321 e. The van der Waals surface area contributed by atoms with Crippen molar-refractivity contribution in [2.45, 2.75) is 51.6 Å². The highest BCUT2D eigenvalue weighted by atomic mass is 16.5. The van der Waals surface area contributed by atoms with Gasteiger partial charge in [-0.05, 0) is 90.8 Å². The number of hydrogen-bond donors (Lipinski definition) is 0. The molecule has 1 aliphatic heterocycles. The average molecular weight is 578 g/mol. The monoisotopic (exact) mass is 577 g/mol. The van der Waals surface area contributed by atoms with Crippen molar-refractivity contribution in [3.8, 4) is 5.75 Å². The van der Waals surface area contributed by atoms with E-state index in [0.717, 1.165) is 35.5 Å². The number of esters is 1. The Hall–Kier alpha value is -4.26. The quantitative estimate of drug-likeness (QED) is 0.210. The van der Waals surface area contributed by atoms with Crippen LogP contribution in [0.4, 0.5) is 0 Å². The second-order valence-electron chi connectivity index (χ2n) is 12.9. The van der Waals surface area contributed by atoms with Gasteiger partial charge in [-0.15, -0.1) is 0 Å². The second-order valence-corrected chi connectivity index (χ2v) is 12.9. The molecule has 0 N–H and O–H groups in total. The molecule has 4 aliphatic rings. The van der Waals surface area contributed by atoms with Crippen molar-refractivity contribution in [1.82, 2.24) is 4.90 Å². The fraction of sp³-hybridized carbons (Fsp3) is 0.389. The Bertz CT molecular complexity index is 1610. The molecule has 7 heteroatoms. The molecule has 3 aromatic rings. The molecule has 0 aromatic heterocycles. The summed E-state index contributed by atoms with van der Waals surface area (Å²) in [4.78, 5) is 55.7. The van der Waals surface area contributed by atoms with Crippen LogP contribution in [-0.2, 0) is 27.4 Å². The molecule has 0 radical (unpaired) electrons. The van der Waals surface area contributed by atoms with Crippen LogP contribution in [0.1, 0.15) is 75.9 Å². The molecule has 0 spiro atoms. The van der Waals surface area contributed by atoms with Gasteiger partial charge < -0.3 is 9.47 Å². The molecule has 1 heterocycles. The summed E-state index contributed by atoms with van der Waals surface area (Å²) < 4.78 is 11.4. The minimum absolute atomic E-state index is 0.0600. The first kappa shape index (κ1) is 27.6. The van der Waals surface area contributed by atoms with E-state index in [9.17, 15) is 19.2 Å². The van der Waals surface area contributed by atoms with Crippen molar-refractivity contribution in [2.75, 3.05) is 13.7 Å². The minimum atomic E-state index is -1.58.